The molecule has 3 aliphatic heterocycles. The number of rotatable bonds is 1. The number of aryl methyl sites for hydroxylation is 1. The van der Waals surface area contributed by atoms with Crippen LogP contribution in [0.1, 0.15) is 58.7 Å². The van der Waals surface area contributed by atoms with Gasteiger partial charge in [0.25, 0.3) is 0 Å². The molecule has 3 aliphatic rings. The topological polar surface area (TPSA) is 67.8 Å². The summed E-state index contributed by atoms with van der Waals surface area (Å²) in [6.45, 7) is 15.8. The van der Waals surface area contributed by atoms with Gasteiger partial charge in [-0.05, 0) is 66.0 Å². The molecule has 9 heteroatoms. The standard InChI is InChI=1S/C25H30ClFN4O3/c1-8-14-12(2)16-17-21(28-14)30-11-25(7)10-9-15(31(25)23(32)34-24(4,5)6)19(30)13(3)33-22(17)29-20(26)18(16)27/h8,13,15,19H,1,9-11H2,2-7H3/t13-,15-,19+,25+/m0/s1. The molecule has 5 rings (SSSR count). The van der Waals surface area contributed by atoms with Crippen molar-refractivity contribution in [1.29, 1.82) is 0 Å². The molecule has 0 saturated carbocycles. The molecular weight excluding hydrogens is 459 g/mol. The molecule has 0 aliphatic carbocycles. The van der Waals surface area contributed by atoms with Gasteiger partial charge in [0.2, 0.25) is 5.88 Å². The number of hydrogen-bond donors (Lipinski definition) is 0. The molecule has 0 unspecified atom stereocenters. The van der Waals surface area contributed by atoms with Gasteiger partial charge in [-0.1, -0.05) is 18.2 Å². The van der Waals surface area contributed by atoms with E-state index < -0.39 is 17.0 Å². The maximum absolute atomic E-state index is 15.3. The number of halogens is 2. The quantitative estimate of drug-likeness (QED) is 0.494. The highest BCUT2D eigenvalue weighted by molar-refractivity contribution is 6.30. The van der Waals surface area contributed by atoms with E-state index in [9.17, 15) is 4.79 Å². The highest BCUT2D eigenvalue weighted by atomic mass is 35.5. The third-order valence-corrected chi connectivity index (χ3v) is 7.51. The number of piperazine rings is 1. The molecule has 182 valence electrons. The van der Waals surface area contributed by atoms with Gasteiger partial charge < -0.3 is 14.4 Å². The Morgan fingerprint density at radius 2 is 2.06 bits per heavy atom. The average Bonchev–Trinajstić information content (AvgIpc) is 2.91. The zero-order valence-electron chi connectivity index (χ0n) is 20.4. The van der Waals surface area contributed by atoms with E-state index >= 15 is 4.39 Å². The van der Waals surface area contributed by atoms with E-state index in [-0.39, 0.29) is 35.3 Å². The molecule has 2 aromatic rings. The monoisotopic (exact) mass is 488 g/mol. The van der Waals surface area contributed by atoms with Crippen molar-refractivity contribution < 1.29 is 18.7 Å². The molecule has 0 N–H and O–H groups in total. The number of fused-ring (bicyclic) bond motifs is 5. The lowest BCUT2D eigenvalue weighted by Gasteiger charge is -2.52. The van der Waals surface area contributed by atoms with E-state index in [0.717, 1.165) is 12.8 Å². The summed E-state index contributed by atoms with van der Waals surface area (Å²) in [5.74, 6) is 0.250. The lowest BCUT2D eigenvalue weighted by Crippen LogP contribution is -2.69. The predicted molar refractivity (Wildman–Crippen MR) is 130 cm³/mol. The summed E-state index contributed by atoms with van der Waals surface area (Å²) in [4.78, 5) is 26.5. The molecule has 4 atom stereocenters. The first-order valence-electron chi connectivity index (χ1n) is 11.6. The predicted octanol–water partition coefficient (Wildman–Crippen LogP) is 5.50. The van der Waals surface area contributed by atoms with Crippen LogP contribution in [0.3, 0.4) is 0 Å². The summed E-state index contributed by atoms with van der Waals surface area (Å²) in [5.41, 5.74) is 0.135. The van der Waals surface area contributed by atoms with Crippen molar-refractivity contribution in [3.63, 3.8) is 0 Å². The summed E-state index contributed by atoms with van der Waals surface area (Å²) < 4.78 is 27.4. The van der Waals surface area contributed by atoms with Crippen LogP contribution in [0.4, 0.5) is 15.0 Å². The van der Waals surface area contributed by atoms with Crippen LogP contribution in [0, 0.1) is 12.7 Å². The van der Waals surface area contributed by atoms with E-state index in [1.807, 2.05) is 32.6 Å². The minimum absolute atomic E-state index is 0.163. The van der Waals surface area contributed by atoms with Crippen LogP contribution in [-0.2, 0) is 4.74 Å². The van der Waals surface area contributed by atoms with Crippen LogP contribution in [0.15, 0.2) is 6.58 Å². The Hall–Kier alpha value is -2.61. The molecule has 0 aromatic carbocycles. The highest BCUT2D eigenvalue weighted by Crippen LogP contribution is 2.50. The molecule has 1 amide bonds. The fourth-order valence-electron chi connectivity index (χ4n) is 5.91. The fourth-order valence-corrected chi connectivity index (χ4v) is 6.08. The number of anilines is 1. The number of carbonyl (C=O) groups is 1. The SMILES string of the molecule is C=Cc1nc2c3c(nc(Cl)c(F)c3c1C)O[C@@H](C)[C@@H]1[C@@H]3CC[C@](C)(CN21)N3C(=O)OC(C)(C)C. The number of ether oxygens (including phenoxy) is 2. The van der Waals surface area contributed by atoms with Crippen molar-refractivity contribution in [3.8, 4) is 5.88 Å². The van der Waals surface area contributed by atoms with Crippen LogP contribution in [0.25, 0.3) is 16.8 Å². The van der Waals surface area contributed by atoms with Gasteiger partial charge in [0, 0.05) is 11.9 Å². The molecule has 0 spiro atoms. The van der Waals surface area contributed by atoms with Crippen molar-refractivity contribution in [2.45, 2.75) is 83.7 Å². The van der Waals surface area contributed by atoms with Crippen LogP contribution in [0.5, 0.6) is 5.88 Å². The molecule has 34 heavy (non-hydrogen) atoms. The lowest BCUT2D eigenvalue weighted by molar-refractivity contribution is -0.0165. The smallest absolute Gasteiger partial charge is 0.411 e. The minimum atomic E-state index is -0.604. The van der Waals surface area contributed by atoms with Crippen LogP contribution in [0.2, 0.25) is 5.15 Å². The van der Waals surface area contributed by atoms with Gasteiger partial charge in [-0.2, -0.15) is 4.98 Å². The molecule has 2 fully saturated rings. The summed E-state index contributed by atoms with van der Waals surface area (Å²) in [6.07, 6.45) is 2.55. The van der Waals surface area contributed by atoms with E-state index in [1.165, 1.54) is 0 Å². The molecule has 2 bridgehead atoms. The number of amides is 1. The van der Waals surface area contributed by atoms with Gasteiger partial charge in [-0.25, -0.2) is 14.2 Å². The van der Waals surface area contributed by atoms with Crippen LogP contribution >= 0.6 is 11.6 Å². The molecule has 2 saturated heterocycles. The number of aromatic nitrogens is 2. The molecular formula is C25H30ClFN4O3. The fraction of sp³-hybridized carbons (Fsp3) is 0.560. The van der Waals surface area contributed by atoms with Gasteiger partial charge in [-0.15, -0.1) is 0 Å². The van der Waals surface area contributed by atoms with Gasteiger partial charge in [0.15, 0.2) is 11.0 Å². The highest BCUT2D eigenvalue weighted by Gasteiger charge is 2.59. The van der Waals surface area contributed by atoms with E-state index in [0.29, 0.717) is 34.4 Å². The first kappa shape index (κ1) is 23.1. The van der Waals surface area contributed by atoms with Crippen LogP contribution in [-0.4, -0.2) is 56.8 Å². The Morgan fingerprint density at radius 1 is 1.35 bits per heavy atom. The molecule has 5 heterocycles. The van der Waals surface area contributed by atoms with Crippen molar-refractivity contribution in [1.82, 2.24) is 14.9 Å². The summed E-state index contributed by atoms with van der Waals surface area (Å²) in [5, 5.41) is 0.608. The number of carbonyl (C=O) groups excluding carboxylic acids is 1. The van der Waals surface area contributed by atoms with E-state index in [2.05, 4.69) is 23.4 Å². The van der Waals surface area contributed by atoms with Gasteiger partial charge in [0.1, 0.15) is 17.5 Å². The summed E-state index contributed by atoms with van der Waals surface area (Å²) in [6, 6.07) is -0.390. The Morgan fingerprint density at radius 3 is 2.71 bits per heavy atom. The van der Waals surface area contributed by atoms with E-state index in [4.69, 9.17) is 26.1 Å². The third-order valence-electron chi connectivity index (χ3n) is 7.26. The maximum atomic E-state index is 15.3. The zero-order valence-corrected chi connectivity index (χ0v) is 21.2. The second kappa shape index (κ2) is 7.44. The van der Waals surface area contributed by atoms with Crippen molar-refractivity contribution in [3.05, 3.63) is 28.8 Å². The Bertz CT molecular complexity index is 1230. The van der Waals surface area contributed by atoms with Crippen molar-refractivity contribution in [2.24, 2.45) is 0 Å². The normalized spacial score (nSPS) is 27.8. The Kier molecular flexibility index (Phi) is 5.07. The lowest BCUT2D eigenvalue weighted by atomic mass is 9.93. The average molecular weight is 489 g/mol. The Labute approximate surface area is 203 Å². The first-order chi connectivity index (χ1) is 15.9. The number of pyridine rings is 2. The maximum Gasteiger partial charge on any atom is 0.411 e. The minimum Gasteiger partial charge on any atom is -0.472 e. The van der Waals surface area contributed by atoms with Crippen molar-refractivity contribution in [2.75, 3.05) is 11.4 Å². The molecule has 7 nitrogen and oxygen atoms in total. The van der Waals surface area contributed by atoms with Crippen molar-refractivity contribution >= 4 is 40.4 Å². The summed E-state index contributed by atoms with van der Waals surface area (Å²) in [7, 11) is 0. The molecule has 0 radical (unpaired) electrons. The second-order valence-electron chi connectivity index (χ2n) is 10.8. The number of nitrogens with zero attached hydrogens (tertiary/aromatic N) is 4. The van der Waals surface area contributed by atoms with E-state index in [1.54, 1.807) is 13.0 Å². The molecule has 2 aromatic heterocycles. The first-order valence-corrected chi connectivity index (χ1v) is 12.0. The number of hydrogen-bond acceptors (Lipinski definition) is 6. The van der Waals surface area contributed by atoms with Gasteiger partial charge in [0.05, 0.1) is 28.7 Å². The summed E-state index contributed by atoms with van der Waals surface area (Å²) >= 11 is 6.19. The second-order valence-corrected chi connectivity index (χ2v) is 11.2. The van der Waals surface area contributed by atoms with Crippen LogP contribution < -0.4 is 9.64 Å². The van der Waals surface area contributed by atoms with Gasteiger partial charge >= 0.3 is 6.09 Å². The van der Waals surface area contributed by atoms with Gasteiger partial charge in [-0.3, -0.25) is 4.90 Å². The third kappa shape index (κ3) is 3.25. The zero-order chi connectivity index (χ0) is 24.7. The largest absolute Gasteiger partial charge is 0.472 e. The Balaban J connectivity index is 1.71.